The summed E-state index contributed by atoms with van der Waals surface area (Å²) in [6, 6.07) is 4.04. The maximum Gasteiger partial charge on any atom is 0.573 e. The Labute approximate surface area is 172 Å². The highest BCUT2D eigenvalue weighted by Crippen LogP contribution is 2.28. The van der Waals surface area contributed by atoms with Gasteiger partial charge >= 0.3 is 18.6 Å². The normalized spacial score (nSPS) is 17.8. The van der Waals surface area contributed by atoms with Crippen LogP contribution in [0.4, 0.5) is 36.8 Å². The van der Waals surface area contributed by atoms with Crippen LogP contribution in [-0.4, -0.2) is 61.1 Å². The molecule has 0 saturated carbocycles. The van der Waals surface area contributed by atoms with Crippen LogP contribution in [0.1, 0.15) is 19.3 Å². The molecule has 0 aliphatic carbocycles. The minimum atomic E-state index is -4.88. The van der Waals surface area contributed by atoms with E-state index in [1.165, 1.54) is 0 Å². The van der Waals surface area contributed by atoms with Gasteiger partial charge in [-0.1, -0.05) is 0 Å². The highest BCUT2D eigenvalue weighted by atomic mass is 32.2. The number of sulfonamides is 1. The Hall–Kier alpha value is -2.26. The van der Waals surface area contributed by atoms with E-state index in [1.807, 2.05) is 0 Å². The molecule has 1 aromatic carbocycles. The van der Waals surface area contributed by atoms with Crippen molar-refractivity contribution in [2.45, 2.75) is 37.6 Å². The molecule has 1 amide bonds. The lowest BCUT2D eigenvalue weighted by atomic mass is 10.1. The molecule has 0 atom stereocenters. The number of hydrogen-bond acceptors (Lipinski definition) is 6. The summed E-state index contributed by atoms with van der Waals surface area (Å²) < 4.78 is 106. The molecule has 1 saturated heterocycles. The predicted molar refractivity (Wildman–Crippen MR) is 93.4 cm³/mol. The quantitative estimate of drug-likeness (QED) is 0.479. The van der Waals surface area contributed by atoms with Crippen molar-refractivity contribution >= 4 is 21.8 Å². The molecule has 0 unspecified atom stereocenters. The van der Waals surface area contributed by atoms with Crippen molar-refractivity contribution in [3.63, 3.8) is 0 Å². The molecule has 0 aromatic heterocycles. The first kappa shape index (κ1) is 25.0. The molecule has 1 heterocycles. The van der Waals surface area contributed by atoms with Crippen LogP contribution >= 0.6 is 0 Å². The second kappa shape index (κ2) is 9.08. The number of aliphatic hydroxyl groups is 1. The Morgan fingerprint density at radius 3 is 2.13 bits per heavy atom. The molecule has 0 spiro atoms. The summed E-state index contributed by atoms with van der Waals surface area (Å²) in [5.74, 6) is -3.73. The van der Waals surface area contributed by atoms with Crippen molar-refractivity contribution in [2.75, 3.05) is 24.2 Å². The molecule has 31 heavy (non-hydrogen) atoms. The minimum Gasteiger partial charge on any atom is -0.417 e. The third-order valence-corrected chi connectivity index (χ3v) is 6.03. The lowest BCUT2D eigenvalue weighted by molar-refractivity contribution is -0.274. The number of anilines is 1. The van der Waals surface area contributed by atoms with Crippen LogP contribution in [-0.2, 0) is 14.8 Å². The Bertz CT molecular complexity index is 864. The number of carbonyl (C=O) groups is 1. The zero-order valence-corrected chi connectivity index (χ0v) is 16.5. The van der Waals surface area contributed by atoms with E-state index in [1.54, 1.807) is 0 Å². The van der Waals surface area contributed by atoms with Crippen LogP contribution in [0.3, 0.4) is 0 Å². The van der Waals surface area contributed by atoms with E-state index in [2.05, 4.69) is 10.1 Å². The van der Waals surface area contributed by atoms with Crippen molar-refractivity contribution < 1.29 is 54.1 Å². The number of ether oxygens (including phenoxy) is 2. The van der Waals surface area contributed by atoms with Gasteiger partial charge in [0, 0.05) is 31.6 Å². The second-order valence-corrected chi connectivity index (χ2v) is 8.70. The van der Waals surface area contributed by atoms with Crippen molar-refractivity contribution in [3.8, 4) is 5.75 Å². The van der Waals surface area contributed by atoms with Crippen molar-refractivity contribution in [2.24, 2.45) is 0 Å². The van der Waals surface area contributed by atoms with Crippen molar-refractivity contribution in [3.05, 3.63) is 24.3 Å². The predicted octanol–water partition coefficient (Wildman–Crippen LogP) is 3.20. The van der Waals surface area contributed by atoms with E-state index < -0.39 is 52.4 Å². The molecule has 176 valence electrons. The van der Waals surface area contributed by atoms with Crippen LogP contribution in [0.15, 0.2) is 24.3 Å². The molecule has 2 N–H and O–H groups in total. The van der Waals surface area contributed by atoms with Gasteiger partial charge in [0.25, 0.3) is 0 Å². The largest absolute Gasteiger partial charge is 0.573 e. The average Bonchev–Trinajstić information content (AvgIpc) is 2.60. The molecule has 1 aliphatic rings. The smallest absolute Gasteiger partial charge is 0.417 e. The number of alkyl halides is 6. The summed E-state index contributed by atoms with van der Waals surface area (Å²) in [4.78, 5) is 11.9. The van der Waals surface area contributed by atoms with Gasteiger partial charge in [0.2, 0.25) is 15.8 Å². The molecule has 0 bridgehead atoms. The van der Waals surface area contributed by atoms with Crippen LogP contribution in [0.25, 0.3) is 0 Å². The first-order valence-electron chi connectivity index (χ1n) is 8.70. The molecule has 1 aliphatic heterocycles. The summed E-state index contributed by atoms with van der Waals surface area (Å²) in [5, 5.41) is 12.5. The van der Waals surface area contributed by atoms with Crippen molar-refractivity contribution in [1.82, 2.24) is 4.31 Å². The summed E-state index contributed by atoms with van der Waals surface area (Å²) in [6.07, 6.45) is -13.0. The van der Waals surface area contributed by atoms with Gasteiger partial charge in [-0.2, -0.15) is 13.2 Å². The maximum atomic E-state index is 12.2. The number of halogens is 6. The zero-order valence-electron chi connectivity index (χ0n) is 15.7. The van der Waals surface area contributed by atoms with Gasteiger partial charge in [-0.3, -0.25) is 5.32 Å². The number of carbonyl (C=O) groups excluding carboxylic acids is 1. The molecule has 1 aromatic rings. The fraction of sp³-hybridized carbons (Fsp3) is 0.562. The van der Waals surface area contributed by atoms with E-state index in [4.69, 9.17) is 4.74 Å². The molecular formula is C16H18F6N2O6S. The fourth-order valence-electron chi connectivity index (χ4n) is 2.65. The van der Waals surface area contributed by atoms with Gasteiger partial charge < -0.3 is 14.6 Å². The highest BCUT2D eigenvalue weighted by Gasteiger charge is 2.40. The molecule has 1 fully saturated rings. The van der Waals surface area contributed by atoms with E-state index in [-0.39, 0.29) is 31.6 Å². The van der Waals surface area contributed by atoms with E-state index in [0.29, 0.717) is 0 Å². The summed E-state index contributed by atoms with van der Waals surface area (Å²) >= 11 is 0. The number of nitrogens with one attached hydrogen (secondary N) is 1. The molecule has 0 radical (unpaired) electrons. The van der Waals surface area contributed by atoms with Crippen LogP contribution in [0, 0.1) is 0 Å². The van der Waals surface area contributed by atoms with E-state index >= 15 is 0 Å². The average molecular weight is 480 g/mol. The van der Waals surface area contributed by atoms with E-state index in [0.717, 1.165) is 28.6 Å². The molecular weight excluding hydrogens is 462 g/mol. The number of piperidine rings is 1. The SMILES string of the molecule is O=C(Nc1ccc(OC(F)(F)F)cc1)OC1(O)CCN(S(=O)(=O)CCC(F)(F)F)CC1. The summed E-state index contributed by atoms with van der Waals surface area (Å²) in [7, 11) is -4.21. The van der Waals surface area contributed by atoms with Gasteiger partial charge in [0.05, 0.1) is 12.2 Å². The fourth-order valence-corrected chi connectivity index (χ4v) is 4.13. The molecule has 8 nitrogen and oxygen atoms in total. The Morgan fingerprint density at radius 1 is 1.10 bits per heavy atom. The monoisotopic (exact) mass is 480 g/mol. The van der Waals surface area contributed by atoms with Gasteiger partial charge in [0.15, 0.2) is 0 Å². The summed E-state index contributed by atoms with van der Waals surface area (Å²) in [6.45, 7) is -0.735. The Kier molecular flexibility index (Phi) is 7.32. The lowest BCUT2D eigenvalue weighted by Gasteiger charge is -2.36. The molecule has 15 heteroatoms. The Balaban J connectivity index is 1.86. The number of benzene rings is 1. The maximum absolute atomic E-state index is 12.2. The zero-order chi connectivity index (χ0) is 23.5. The van der Waals surface area contributed by atoms with Crippen molar-refractivity contribution in [1.29, 1.82) is 0 Å². The van der Waals surface area contributed by atoms with Crippen LogP contribution in [0.5, 0.6) is 5.75 Å². The number of rotatable bonds is 6. The first-order valence-corrected chi connectivity index (χ1v) is 10.3. The third-order valence-electron chi connectivity index (χ3n) is 4.16. The molecule has 2 rings (SSSR count). The first-order chi connectivity index (χ1) is 14.1. The van der Waals surface area contributed by atoms with Gasteiger partial charge in [-0.05, 0) is 24.3 Å². The van der Waals surface area contributed by atoms with Crippen LogP contribution < -0.4 is 10.1 Å². The standard InChI is InChI=1S/C16H18F6N2O6S/c17-15(18,19)7-10-31(27,28)24-8-5-14(26,6-9-24)30-13(25)23-11-1-3-12(4-2-11)29-16(20,21)22/h1-4,26H,5-10H2,(H,23,25). The third kappa shape index (κ3) is 8.41. The summed E-state index contributed by atoms with van der Waals surface area (Å²) in [5.41, 5.74) is 0.0234. The number of hydrogen-bond donors (Lipinski definition) is 2. The number of amides is 1. The van der Waals surface area contributed by atoms with Gasteiger partial charge in [0.1, 0.15) is 5.75 Å². The highest BCUT2D eigenvalue weighted by molar-refractivity contribution is 7.89. The Morgan fingerprint density at radius 2 is 1.65 bits per heavy atom. The van der Waals surface area contributed by atoms with Gasteiger partial charge in [-0.15, -0.1) is 13.2 Å². The van der Waals surface area contributed by atoms with E-state index in [9.17, 15) is 44.7 Å². The number of nitrogens with zero attached hydrogens (tertiary/aromatic N) is 1. The van der Waals surface area contributed by atoms with Crippen LogP contribution in [0.2, 0.25) is 0 Å². The topological polar surface area (TPSA) is 105 Å². The minimum absolute atomic E-state index is 0.0234. The van der Waals surface area contributed by atoms with Gasteiger partial charge in [-0.25, -0.2) is 17.5 Å². The lowest BCUT2D eigenvalue weighted by Crippen LogP contribution is -2.49. The second-order valence-electron chi connectivity index (χ2n) is 6.61.